The maximum absolute atomic E-state index is 10.6. The predicted molar refractivity (Wildman–Crippen MR) is 87.6 cm³/mol. The van der Waals surface area contributed by atoms with E-state index >= 15 is 0 Å². The van der Waals surface area contributed by atoms with Gasteiger partial charge in [-0.05, 0) is 43.4 Å². The Morgan fingerprint density at radius 1 is 1.26 bits per heavy atom. The second kappa shape index (κ2) is 7.26. The summed E-state index contributed by atoms with van der Waals surface area (Å²) < 4.78 is 1.88. The molecule has 6 heteroatoms. The van der Waals surface area contributed by atoms with Crippen LogP contribution in [0.2, 0.25) is 0 Å². The maximum Gasteiger partial charge on any atom is 0.303 e. The van der Waals surface area contributed by atoms with E-state index < -0.39 is 5.97 Å². The fourth-order valence-electron chi connectivity index (χ4n) is 2.83. The van der Waals surface area contributed by atoms with E-state index in [9.17, 15) is 4.79 Å². The van der Waals surface area contributed by atoms with Gasteiger partial charge in [-0.25, -0.2) is 4.98 Å². The minimum Gasteiger partial charge on any atom is -0.481 e. The van der Waals surface area contributed by atoms with Gasteiger partial charge in [0.2, 0.25) is 0 Å². The lowest BCUT2D eigenvalue weighted by Gasteiger charge is -2.17. The lowest BCUT2D eigenvalue weighted by Crippen LogP contribution is -2.14. The molecule has 3 heterocycles. The summed E-state index contributed by atoms with van der Waals surface area (Å²) in [5, 5.41) is 16.5. The van der Waals surface area contributed by atoms with Crippen LogP contribution in [0.1, 0.15) is 36.2 Å². The first-order valence-corrected chi connectivity index (χ1v) is 8.17. The zero-order valence-corrected chi connectivity index (χ0v) is 13.2. The molecule has 2 aromatic rings. The van der Waals surface area contributed by atoms with Crippen LogP contribution in [0.3, 0.4) is 0 Å². The lowest BCUT2D eigenvalue weighted by atomic mass is 10.1. The number of aliphatic carboxylic acids is 1. The average Bonchev–Trinajstić information content (AvgIpc) is 3.01. The van der Waals surface area contributed by atoms with Gasteiger partial charge in [0.05, 0.1) is 12.1 Å². The molecular weight excluding hydrogens is 292 g/mol. The van der Waals surface area contributed by atoms with Crippen molar-refractivity contribution in [2.24, 2.45) is 0 Å². The number of pyridine rings is 1. The molecule has 0 fully saturated rings. The summed E-state index contributed by atoms with van der Waals surface area (Å²) in [6, 6.07) is 6.19. The zero-order chi connectivity index (χ0) is 16.1. The maximum atomic E-state index is 10.6. The lowest BCUT2D eigenvalue weighted by molar-refractivity contribution is -0.136. The molecule has 0 aromatic carbocycles. The highest BCUT2D eigenvalue weighted by Gasteiger charge is 2.10. The SMILES string of the molecule is O=C(O)CCc1ccn(CCCc2ccc3c(n2)NCCC3)n1. The van der Waals surface area contributed by atoms with Crippen molar-refractivity contribution in [2.45, 2.75) is 45.1 Å². The molecule has 1 aliphatic heterocycles. The smallest absolute Gasteiger partial charge is 0.303 e. The molecular formula is C17H22N4O2. The molecule has 0 unspecified atom stereocenters. The molecule has 3 rings (SSSR count). The van der Waals surface area contributed by atoms with Crippen LogP contribution in [0.4, 0.5) is 5.82 Å². The van der Waals surface area contributed by atoms with Crippen LogP contribution >= 0.6 is 0 Å². The Morgan fingerprint density at radius 3 is 3.04 bits per heavy atom. The normalized spacial score (nSPS) is 13.4. The van der Waals surface area contributed by atoms with Crippen LogP contribution in [-0.4, -0.2) is 32.4 Å². The largest absolute Gasteiger partial charge is 0.481 e. The predicted octanol–water partition coefficient (Wildman–Crippen LogP) is 2.29. The third-order valence-electron chi connectivity index (χ3n) is 4.06. The van der Waals surface area contributed by atoms with Crippen molar-refractivity contribution < 1.29 is 9.90 Å². The summed E-state index contributed by atoms with van der Waals surface area (Å²) in [7, 11) is 0. The molecule has 122 valence electrons. The molecule has 0 saturated carbocycles. The number of carboxylic acids is 1. The Kier molecular flexibility index (Phi) is 4.90. The number of aromatic nitrogens is 3. The number of nitrogens with one attached hydrogen (secondary N) is 1. The number of fused-ring (bicyclic) bond motifs is 1. The van der Waals surface area contributed by atoms with E-state index in [1.165, 1.54) is 12.0 Å². The number of aryl methyl sites for hydroxylation is 4. The highest BCUT2D eigenvalue weighted by Crippen LogP contribution is 2.20. The van der Waals surface area contributed by atoms with E-state index in [-0.39, 0.29) is 6.42 Å². The molecule has 6 nitrogen and oxygen atoms in total. The van der Waals surface area contributed by atoms with Gasteiger partial charge in [0.15, 0.2) is 0 Å². The van der Waals surface area contributed by atoms with Crippen molar-refractivity contribution in [3.8, 4) is 0 Å². The van der Waals surface area contributed by atoms with Crippen molar-refractivity contribution in [3.63, 3.8) is 0 Å². The van der Waals surface area contributed by atoms with E-state index in [1.54, 1.807) is 0 Å². The van der Waals surface area contributed by atoms with E-state index in [1.807, 2.05) is 16.9 Å². The average molecular weight is 314 g/mol. The molecule has 0 saturated heterocycles. The highest BCUT2D eigenvalue weighted by atomic mass is 16.4. The van der Waals surface area contributed by atoms with Crippen LogP contribution in [0.25, 0.3) is 0 Å². The fourth-order valence-corrected chi connectivity index (χ4v) is 2.83. The van der Waals surface area contributed by atoms with Crippen molar-refractivity contribution in [1.82, 2.24) is 14.8 Å². The van der Waals surface area contributed by atoms with Gasteiger partial charge < -0.3 is 10.4 Å². The van der Waals surface area contributed by atoms with Crippen molar-refractivity contribution in [1.29, 1.82) is 0 Å². The molecule has 0 aliphatic carbocycles. The second-order valence-corrected chi connectivity index (χ2v) is 5.91. The Morgan fingerprint density at radius 2 is 2.17 bits per heavy atom. The number of hydrogen-bond acceptors (Lipinski definition) is 4. The number of carboxylic acid groups (broad SMARTS) is 1. The molecule has 0 atom stereocenters. The number of carbonyl (C=O) groups is 1. The molecule has 0 radical (unpaired) electrons. The van der Waals surface area contributed by atoms with Gasteiger partial charge in [0.1, 0.15) is 5.82 Å². The summed E-state index contributed by atoms with van der Waals surface area (Å²) in [5.41, 5.74) is 3.26. The van der Waals surface area contributed by atoms with Gasteiger partial charge in [-0.1, -0.05) is 6.07 Å². The quantitative estimate of drug-likeness (QED) is 0.819. The van der Waals surface area contributed by atoms with Crippen molar-refractivity contribution >= 4 is 11.8 Å². The summed E-state index contributed by atoms with van der Waals surface area (Å²) in [6.07, 6.45) is 6.70. The summed E-state index contributed by atoms with van der Waals surface area (Å²) in [6.45, 7) is 1.83. The van der Waals surface area contributed by atoms with E-state index in [0.29, 0.717) is 6.42 Å². The Hall–Kier alpha value is -2.37. The van der Waals surface area contributed by atoms with Gasteiger partial charge in [-0.2, -0.15) is 5.10 Å². The summed E-state index contributed by atoms with van der Waals surface area (Å²) in [5.74, 6) is 0.260. The van der Waals surface area contributed by atoms with Crippen LogP contribution in [0.5, 0.6) is 0 Å². The molecule has 0 bridgehead atoms. The number of rotatable bonds is 7. The van der Waals surface area contributed by atoms with Gasteiger partial charge in [-0.3, -0.25) is 9.48 Å². The summed E-state index contributed by atoms with van der Waals surface area (Å²) >= 11 is 0. The topological polar surface area (TPSA) is 80.0 Å². The third-order valence-corrected chi connectivity index (χ3v) is 4.06. The van der Waals surface area contributed by atoms with Crippen LogP contribution in [0, 0.1) is 0 Å². The highest BCUT2D eigenvalue weighted by molar-refractivity contribution is 5.66. The standard InChI is InChI=1S/C17H22N4O2/c22-16(23)8-7-15-9-12-21(20-15)11-2-4-14-6-5-13-3-1-10-18-17(13)19-14/h5-6,9,12H,1-4,7-8,10-11H2,(H,18,19)(H,22,23). The monoisotopic (exact) mass is 314 g/mol. The molecule has 2 aromatic heterocycles. The Balaban J connectivity index is 1.48. The Bertz CT molecular complexity index is 681. The molecule has 0 spiro atoms. The Labute approximate surface area is 135 Å². The van der Waals surface area contributed by atoms with E-state index in [2.05, 4.69) is 22.5 Å². The first-order chi connectivity index (χ1) is 11.2. The molecule has 0 amide bonds. The van der Waals surface area contributed by atoms with Gasteiger partial charge in [0.25, 0.3) is 0 Å². The van der Waals surface area contributed by atoms with E-state index in [4.69, 9.17) is 10.1 Å². The minimum absolute atomic E-state index is 0.128. The fraction of sp³-hybridized carbons (Fsp3) is 0.471. The van der Waals surface area contributed by atoms with Crippen molar-refractivity contribution in [3.05, 3.63) is 41.3 Å². The number of hydrogen-bond donors (Lipinski definition) is 2. The second-order valence-electron chi connectivity index (χ2n) is 5.91. The third kappa shape index (κ3) is 4.31. The zero-order valence-electron chi connectivity index (χ0n) is 13.2. The molecule has 23 heavy (non-hydrogen) atoms. The van der Waals surface area contributed by atoms with Gasteiger partial charge >= 0.3 is 5.97 Å². The first kappa shape index (κ1) is 15.5. The number of nitrogens with zero attached hydrogens (tertiary/aromatic N) is 3. The minimum atomic E-state index is -0.786. The van der Waals surface area contributed by atoms with Crippen LogP contribution < -0.4 is 5.32 Å². The summed E-state index contributed by atoms with van der Waals surface area (Å²) in [4.78, 5) is 15.3. The van der Waals surface area contributed by atoms with Gasteiger partial charge in [0, 0.05) is 31.4 Å². The van der Waals surface area contributed by atoms with Crippen LogP contribution in [0.15, 0.2) is 24.4 Å². The van der Waals surface area contributed by atoms with Crippen molar-refractivity contribution in [2.75, 3.05) is 11.9 Å². The van der Waals surface area contributed by atoms with Crippen LogP contribution in [-0.2, 0) is 30.6 Å². The molecule has 1 aliphatic rings. The van der Waals surface area contributed by atoms with E-state index in [0.717, 1.165) is 49.6 Å². The molecule has 2 N–H and O–H groups in total. The first-order valence-electron chi connectivity index (χ1n) is 8.17. The number of anilines is 1. The van der Waals surface area contributed by atoms with Gasteiger partial charge in [-0.15, -0.1) is 0 Å².